The number of hydrogen-bond acceptors (Lipinski definition) is 2. The van der Waals surface area contributed by atoms with Crippen molar-refractivity contribution in [2.75, 3.05) is 0 Å². The first-order chi connectivity index (χ1) is 10.7. The molecule has 2 aromatic carbocycles. The molecular weight excluding hydrogens is 408 g/mol. The van der Waals surface area contributed by atoms with E-state index in [9.17, 15) is 0 Å². The van der Waals surface area contributed by atoms with Crippen molar-refractivity contribution in [3.05, 3.63) is 61.5 Å². The molecule has 4 heteroatoms. The maximum atomic E-state index is 6.07. The van der Waals surface area contributed by atoms with Crippen LogP contribution in [-0.4, -0.2) is 6.10 Å². The molecule has 1 aliphatic heterocycles. The van der Waals surface area contributed by atoms with Crippen molar-refractivity contribution in [2.45, 2.75) is 12.0 Å². The number of benzene rings is 2. The molecule has 1 aliphatic carbocycles. The van der Waals surface area contributed by atoms with Gasteiger partial charge in [-0.1, -0.05) is 37.9 Å². The minimum absolute atomic E-state index is 0.0146. The Kier molecular flexibility index (Phi) is 2.65. The van der Waals surface area contributed by atoms with Crippen LogP contribution >= 0.6 is 31.9 Å². The molecule has 0 bridgehead atoms. The summed E-state index contributed by atoms with van der Waals surface area (Å²) in [4.78, 5) is 0. The van der Waals surface area contributed by atoms with Gasteiger partial charge >= 0.3 is 0 Å². The molecule has 0 saturated carbocycles. The number of rotatable bonds is 0. The summed E-state index contributed by atoms with van der Waals surface area (Å²) < 4.78 is 14.2. The largest absolute Gasteiger partial charge is 0.485 e. The Balaban J connectivity index is 1.81. The Morgan fingerprint density at radius 3 is 2.64 bits per heavy atom. The lowest BCUT2D eigenvalue weighted by molar-refractivity contribution is 0.286. The number of hydrogen-bond donors (Lipinski definition) is 0. The lowest BCUT2D eigenvalue weighted by Gasteiger charge is -2.13. The van der Waals surface area contributed by atoms with Crippen molar-refractivity contribution in [1.82, 2.24) is 0 Å². The lowest BCUT2D eigenvalue weighted by atomic mass is 9.91. The highest BCUT2D eigenvalue weighted by Crippen LogP contribution is 2.42. The van der Waals surface area contributed by atoms with Gasteiger partial charge in [-0.3, -0.25) is 0 Å². The first kappa shape index (κ1) is 13.0. The zero-order valence-corrected chi connectivity index (χ0v) is 14.5. The summed E-state index contributed by atoms with van der Waals surface area (Å²) >= 11 is 7.09. The highest BCUT2D eigenvalue weighted by molar-refractivity contribution is 9.10. The van der Waals surface area contributed by atoms with E-state index in [2.05, 4.69) is 56.1 Å². The standard InChI is InChI=1S/C18H10Br2O2/c19-9-1-3-15-11(5-9)13-7-14-12-6-10(20)2-4-16(12)22-18(14)8-17(13)21-15/h1-8,13,17H. The van der Waals surface area contributed by atoms with Crippen molar-refractivity contribution < 1.29 is 9.15 Å². The van der Waals surface area contributed by atoms with E-state index >= 15 is 0 Å². The SMILES string of the molecule is Brc1ccc2c(c1)C1C=c3c(oc4ccc(Br)cc34)=CC1O2. The number of furan rings is 1. The molecule has 2 heterocycles. The molecule has 0 amide bonds. The molecule has 3 aromatic rings. The molecule has 2 nitrogen and oxygen atoms in total. The van der Waals surface area contributed by atoms with Crippen LogP contribution in [0.1, 0.15) is 11.5 Å². The van der Waals surface area contributed by atoms with Crippen molar-refractivity contribution in [3.63, 3.8) is 0 Å². The third kappa shape index (κ3) is 1.77. The molecule has 22 heavy (non-hydrogen) atoms. The van der Waals surface area contributed by atoms with Gasteiger partial charge in [0.15, 0.2) is 0 Å². The van der Waals surface area contributed by atoms with Crippen molar-refractivity contribution >= 4 is 55.0 Å². The topological polar surface area (TPSA) is 22.4 Å². The minimum atomic E-state index is 0.0146. The van der Waals surface area contributed by atoms with Gasteiger partial charge in [-0.15, -0.1) is 0 Å². The Morgan fingerprint density at radius 2 is 1.73 bits per heavy atom. The van der Waals surface area contributed by atoms with Crippen molar-refractivity contribution in [2.24, 2.45) is 0 Å². The predicted octanol–water partition coefficient (Wildman–Crippen LogP) is 4.08. The summed E-state index contributed by atoms with van der Waals surface area (Å²) in [5, 5.41) is 2.30. The smallest absolute Gasteiger partial charge is 0.135 e. The molecule has 2 unspecified atom stereocenters. The summed E-state index contributed by atoms with van der Waals surface area (Å²) in [6.45, 7) is 0. The van der Waals surface area contributed by atoms with Gasteiger partial charge in [0.2, 0.25) is 0 Å². The average molecular weight is 418 g/mol. The molecule has 108 valence electrons. The van der Waals surface area contributed by atoms with Gasteiger partial charge in [0, 0.05) is 37.1 Å². The van der Waals surface area contributed by atoms with E-state index in [1.165, 1.54) is 5.56 Å². The first-order valence-corrected chi connectivity index (χ1v) is 8.65. The molecule has 1 aromatic heterocycles. The van der Waals surface area contributed by atoms with Crippen LogP contribution in [-0.2, 0) is 0 Å². The third-order valence-electron chi connectivity index (χ3n) is 4.33. The molecule has 0 N–H and O–H groups in total. The summed E-state index contributed by atoms with van der Waals surface area (Å²) in [5.41, 5.74) is 3.04. The zero-order chi connectivity index (χ0) is 14.8. The summed E-state index contributed by atoms with van der Waals surface area (Å²) in [5.74, 6) is 1.20. The van der Waals surface area contributed by atoms with E-state index in [0.29, 0.717) is 0 Å². The van der Waals surface area contributed by atoms with Crippen LogP contribution in [0.4, 0.5) is 0 Å². The molecule has 0 fully saturated rings. The third-order valence-corrected chi connectivity index (χ3v) is 5.31. The average Bonchev–Trinajstić information content (AvgIpc) is 3.02. The number of ether oxygens (including phenoxy) is 1. The summed E-state index contributed by atoms with van der Waals surface area (Å²) in [6, 6.07) is 12.3. The van der Waals surface area contributed by atoms with Gasteiger partial charge in [-0.25, -0.2) is 0 Å². The van der Waals surface area contributed by atoms with Gasteiger partial charge in [0.1, 0.15) is 22.9 Å². The molecule has 2 atom stereocenters. The second-order valence-electron chi connectivity index (χ2n) is 5.64. The van der Waals surface area contributed by atoms with Crippen LogP contribution < -0.4 is 15.4 Å². The summed E-state index contributed by atoms with van der Waals surface area (Å²) in [7, 11) is 0. The van der Waals surface area contributed by atoms with Crippen LogP contribution in [0.15, 0.2) is 49.8 Å². The summed E-state index contributed by atoms with van der Waals surface area (Å²) in [6.07, 6.45) is 4.39. The maximum Gasteiger partial charge on any atom is 0.135 e. The van der Waals surface area contributed by atoms with Gasteiger partial charge in [0.05, 0.1) is 0 Å². The molecule has 0 spiro atoms. The molecular formula is C18H10Br2O2. The quantitative estimate of drug-likeness (QED) is 0.550. The van der Waals surface area contributed by atoms with E-state index in [1.807, 2.05) is 24.3 Å². The van der Waals surface area contributed by atoms with Crippen LogP contribution in [0.5, 0.6) is 5.75 Å². The van der Waals surface area contributed by atoms with E-state index in [0.717, 1.165) is 36.3 Å². The minimum Gasteiger partial charge on any atom is -0.485 e. The molecule has 0 radical (unpaired) electrons. The fourth-order valence-corrected chi connectivity index (χ4v) is 4.08. The lowest BCUT2D eigenvalue weighted by Crippen LogP contribution is -2.32. The van der Waals surface area contributed by atoms with Gasteiger partial charge < -0.3 is 9.15 Å². The second-order valence-corrected chi connectivity index (χ2v) is 7.48. The molecule has 5 rings (SSSR count). The van der Waals surface area contributed by atoms with Crippen LogP contribution in [0.25, 0.3) is 23.1 Å². The highest BCUT2D eigenvalue weighted by Gasteiger charge is 2.34. The maximum absolute atomic E-state index is 6.07. The highest BCUT2D eigenvalue weighted by atomic mass is 79.9. The Hall–Kier alpha value is -1.52. The van der Waals surface area contributed by atoms with E-state index < -0.39 is 0 Å². The monoisotopic (exact) mass is 416 g/mol. The number of fused-ring (bicyclic) bond motifs is 6. The van der Waals surface area contributed by atoms with Crippen molar-refractivity contribution in [3.8, 4) is 5.75 Å². The first-order valence-electron chi connectivity index (χ1n) is 7.07. The zero-order valence-electron chi connectivity index (χ0n) is 11.3. The Labute approximate surface area is 143 Å². The Morgan fingerprint density at radius 1 is 0.909 bits per heavy atom. The fourth-order valence-electron chi connectivity index (χ4n) is 3.34. The normalized spacial score (nSPS) is 21.4. The number of halogens is 2. The van der Waals surface area contributed by atoms with E-state index in [-0.39, 0.29) is 12.0 Å². The van der Waals surface area contributed by atoms with Gasteiger partial charge in [-0.05, 0) is 36.4 Å². The second kappa shape index (κ2) is 4.49. The van der Waals surface area contributed by atoms with Gasteiger partial charge in [-0.2, -0.15) is 0 Å². The van der Waals surface area contributed by atoms with Crippen LogP contribution in [0.2, 0.25) is 0 Å². The Bertz CT molecular complexity index is 1050. The van der Waals surface area contributed by atoms with Crippen LogP contribution in [0.3, 0.4) is 0 Å². The predicted molar refractivity (Wildman–Crippen MR) is 93.4 cm³/mol. The molecule has 2 aliphatic rings. The van der Waals surface area contributed by atoms with Gasteiger partial charge in [0.25, 0.3) is 0 Å². The van der Waals surface area contributed by atoms with E-state index in [4.69, 9.17) is 9.15 Å². The van der Waals surface area contributed by atoms with Crippen molar-refractivity contribution in [1.29, 1.82) is 0 Å². The van der Waals surface area contributed by atoms with E-state index in [1.54, 1.807) is 0 Å². The molecule has 0 saturated heterocycles. The fraction of sp³-hybridized carbons (Fsp3) is 0.111. The van der Waals surface area contributed by atoms with Crippen LogP contribution in [0, 0.1) is 0 Å².